The predicted molar refractivity (Wildman–Crippen MR) is 72.8 cm³/mol. The highest BCUT2D eigenvalue weighted by Crippen LogP contribution is 2.26. The Morgan fingerprint density at radius 2 is 2.17 bits per heavy atom. The van der Waals surface area contributed by atoms with Gasteiger partial charge >= 0.3 is 0 Å². The zero-order chi connectivity index (χ0) is 13.5. The molecular formula is C14H22N2O2. The van der Waals surface area contributed by atoms with Crippen molar-refractivity contribution in [2.45, 2.75) is 26.8 Å². The summed E-state index contributed by atoms with van der Waals surface area (Å²) in [4.78, 5) is 11.4. The molecular weight excluding hydrogens is 228 g/mol. The number of carbonyl (C=O) groups is 1. The van der Waals surface area contributed by atoms with E-state index < -0.39 is 0 Å². The highest BCUT2D eigenvalue weighted by Gasteiger charge is 2.11. The minimum absolute atomic E-state index is 0.0559. The molecule has 0 heterocycles. The third kappa shape index (κ3) is 4.04. The molecule has 0 aromatic heterocycles. The first-order valence-corrected chi connectivity index (χ1v) is 6.25. The number of rotatable bonds is 6. The van der Waals surface area contributed by atoms with E-state index in [1.807, 2.05) is 33.0 Å². The fraction of sp³-hybridized carbons (Fsp3) is 0.500. The Balaban J connectivity index is 2.78. The monoisotopic (exact) mass is 250 g/mol. The number of hydrogen-bond donors (Lipinski definition) is 2. The summed E-state index contributed by atoms with van der Waals surface area (Å²) in [5.74, 6) is 0.662. The summed E-state index contributed by atoms with van der Waals surface area (Å²) in [7, 11) is 1.90. The highest BCUT2D eigenvalue weighted by atomic mass is 16.5. The van der Waals surface area contributed by atoms with E-state index in [-0.39, 0.29) is 18.6 Å². The first kappa shape index (κ1) is 14.5. The van der Waals surface area contributed by atoms with Crippen LogP contribution in [0, 0.1) is 6.92 Å². The SMILES string of the molecule is CCNC(=O)COc1ccc(C)cc1C(C)NC. The van der Waals surface area contributed by atoms with Crippen LogP contribution >= 0.6 is 0 Å². The molecule has 0 radical (unpaired) electrons. The summed E-state index contributed by atoms with van der Waals surface area (Å²) in [5, 5.41) is 5.89. The van der Waals surface area contributed by atoms with Gasteiger partial charge in [-0.3, -0.25) is 4.79 Å². The van der Waals surface area contributed by atoms with Gasteiger partial charge in [0.15, 0.2) is 6.61 Å². The third-order valence-corrected chi connectivity index (χ3v) is 2.80. The van der Waals surface area contributed by atoms with Gasteiger partial charge in [0, 0.05) is 18.2 Å². The average Bonchev–Trinajstić information content (AvgIpc) is 2.36. The zero-order valence-electron chi connectivity index (χ0n) is 11.5. The fourth-order valence-electron chi connectivity index (χ4n) is 1.68. The van der Waals surface area contributed by atoms with Crippen LogP contribution in [-0.4, -0.2) is 26.1 Å². The molecule has 0 bridgehead atoms. The van der Waals surface area contributed by atoms with E-state index in [4.69, 9.17) is 4.74 Å². The van der Waals surface area contributed by atoms with E-state index in [9.17, 15) is 4.79 Å². The lowest BCUT2D eigenvalue weighted by Gasteiger charge is -2.17. The Hall–Kier alpha value is -1.55. The number of aryl methyl sites for hydroxylation is 1. The molecule has 1 unspecified atom stereocenters. The highest BCUT2D eigenvalue weighted by molar-refractivity contribution is 5.77. The van der Waals surface area contributed by atoms with Gasteiger partial charge in [-0.05, 0) is 33.9 Å². The Bertz CT molecular complexity index is 405. The van der Waals surface area contributed by atoms with Crippen molar-refractivity contribution in [3.05, 3.63) is 29.3 Å². The van der Waals surface area contributed by atoms with Gasteiger partial charge in [-0.25, -0.2) is 0 Å². The largest absolute Gasteiger partial charge is 0.483 e. The molecule has 0 saturated heterocycles. The molecule has 1 amide bonds. The molecule has 1 aromatic rings. The lowest BCUT2D eigenvalue weighted by atomic mass is 10.0. The molecule has 1 aromatic carbocycles. The van der Waals surface area contributed by atoms with Crippen molar-refractivity contribution in [2.75, 3.05) is 20.2 Å². The fourth-order valence-corrected chi connectivity index (χ4v) is 1.68. The Kier molecular flexibility index (Phi) is 5.65. The maximum Gasteiger partial charge on any atom is 0.257 e. The molecule has 0 aliphatic carbocycles. The minimum Gasteiger partial charge on any atom is -0.483 e. The average molecular weight is 250 g/mol. The van der Waals surface area contributed by atoms with Crippen molar-refractivity contribution in [3.8, 4) is 5.75 Å². The normalized spacial score (nSPS) is 12.0. The second kappa shape index (κ2) is 7.01. The minimum atomic E-state index is -0.0962. The molecule has 0 fully saturated rings. The van der Waals surface area contributed by atoms with Crippen LogP contribution in [0.5, 0.6) is 5.75 Å². The molecule has 4 heteroatoms. The molecule has 0 saturated carbocycles. The zero-order valence-corrected chi connectivity index (χ0v) is 11.5. The molecule has 1 rings (SSSR count). The number of benzene rings is 1. The summed E-state index contributed by atoms with van der Waals surface area (Å²) in [5.41, 5.74) is 2.25. The van der Waals surface area contributed by atoms with E-state index in [1.54, 1.807) is 0 Å². The second-order valence-corrected chi connectivity index (χ2v) is 4.29. The van der Waals surface area contributed by atoms with Crippen molar-refractivity contribution >= 4 is 5.91 Å². The van der Waals surface area contributed by atoms with Crippen LogP contribution in [0.3, 0.4) is 0 Å². The molecule has 4 nitrogen and oxygen atoms in total. The van der Waals surface area contributed by atoms with E-state index in [2.05, 4.69) is 23.6 Å². The first-order valence-electron chi connectivity index (χ1n) is 6.25. The number of likely N-dealkylation sites (N-methyl/N-ethyl adjacent to an activating group) is 1. The number of carbonyl (C=O) groups excluding carboxylic acids is 1. The lowest BCUT2D eigenvalue weighted by Crippen LogP contribution is -2.28. The van der Waals surface area contributed by atoms with Gasteiger partial charge in [-0.1, -0.05) is 17.7 Å². The number of ether oxygens (including phenoxy) is 1. The van der Waals surface area contributed by atoms with Crippen LogP contribution in [-0.2, 0) is 4.79 Å². The van der Waals surface area contributed by atoms with Crippen LogP contribution < -0.4 is 15.4 Å². The predicted octanol–water partition coefficient (Wildman–Crippen LogP) is 1.79. The summed E-state index contributed by atoms with van der Waals surface area (Å²) >= 11 is 0. The van der Waals surface area contributed by atoms with Crippen molar-refractivity contribution in [1.29, 1.82) is 0 Å². The lowest BCUT2D eigenvalue weighted by molar-refractivity contribution is -0.123. The second-order valence-electron chi connectivity index (χ2n) is 4.29. The maximum atomic E-state index is 11.4. The summed E-state index contributed by atoms with van der Waals surface area (Å²) in [6, 6.07) is 6.17. The number of nitrogens with one attached hydrogen (secondary N) is 2. The van der Waals surface area contributed by atoms with Crippen molar-refractivity contribution in [1.82, 2.24) is 10.6 Å². The van der Waals surface area contributed by atoms with Gasteiger partial charge in [0.2, 0.25) is 0 Å². The molecule has 2 N–H and O–H groups in total. The summed E-state index contributed by atoms with van der Waals surface area (Å²) in [6.07, 6.45) is 0. The van der Waals surface area contributed by atoms with Crippen LogP contribution in [0.1, 0.15) is 31.0 Å². The van der Waals surface area contributed by atoms with Crippen LogP contribution in [0.2, 0.25) is 0 Å². The van der Waals surface area contributed by atoms with E-state index in [1.165, 1.54) is 5.56 Å². The smallest absolute Gasteiger partial charge is 0.257 e. The first-order chi connectivity index (χ1) is 8.58. The van der Waals surface area contributed by atoms with Gasteiger partial charge in [0.05, 0.1) is 0 Å². The number of amides is 1. The molecule has 100 valence electrons. The molecule has 0 aliphatic heterocycles. The van der Waals surface area contributed by atoms with Crippen molar-refractivity contribution in [3.63, 3.8) is 0 Å². The van der Waals surface area contributed by atoms with E-state index in [0.717, 1.165) is 11.3 Å². The third-order valence-electron chi connectivity index (χ3n) is 2.80. The van der Waals surface area contributed by atoms with Gasteiger partial charge in [-0.2, -0.15) is 0 Å². The van der Waals surface area contributed by atoms with Gasteiger partial charge in [0.25, 0.3) is 5.91 Å². The molecule has 1 atom stereocenters. The van der Waals surface area contributed by atoms with E-state index in [0.29, 0.717) is 6.54 Å². The van der Waals surface area contributed by atoms with Crippen molar-refractivity contribution < 1.29 is 9.53 Å². The standard InChI is InChI=1S/C14H22N2O2/c1-5-16-14(17)9-18-13-7-6-10(2)8-12(13)11(3)15-4/h6-8,11,15H,5,9H2,1-4H3,(H,16,17). The van der Waals surface area contributed by atoms with Crippen molar-refractivity contribution in [2.24, 2.45) is 0 Å². The maximum absolute atomic E-state index is 11.4. The Labute approximate surface area is 109 Å². The quantitative estimate of drug-likeness (QED) is 0.809. The molecule has 18 heavy (non-hydrogen) atoms. The summed E-state index contributed by atoms with van der Waals surface area (Å²) < 4.78 is 5.58. The van der Waals surface area contributed by atoms with Gasteiger partial charge < -0.3 is 15.4 Å². The molecule has 0 spiro atoms. The topological polar surface area (TPSA) is 50.4 Å². The molecule has 0 aliphatic rings. The van der Waals surface area contributed by atoms with Gasteiger partial charge in [0.1, 0.15) is 5.75 Å². The number of hydrogen-bond acceptors (Lipinski definition) is 3. The van der Waals surface area contributed by atoms with Crippen LogP contribution in [0.15, 0.2) is 18.2 Å². The summed E-state index contributed by atoms with van der Waals surface area (Å²) in [6.45, 7) is 6.67. The van der Waals surface area contributed by atoms with E-state index >= 15 is 0 Å². The van der Waals surface area contributed by atoms with Crippen LogP contribution in [0.4, 0.5) is 0 Å². The van der Waals surface area contributed by atoms with Gasteiger partial charge in [-0.15, -0.1) is 0 Å². The Morgan fingerprint density at radius 1 is 1.44 bits per heavy atom. The Morgan fingerprint density at radius 3 is 2.78 bits per heavy atom. The van der Waals surface area contributed by atoms with Crippen LogP contribution in [0.25, 0.3) is 0 Å².